The standard InChI is InChI=1S/C3H6O5S.Na.H2/c1-8-3(4)2-9(5,6)7;;/h2H2,1H3,(H,5,6,7);;1H. The van der Waals surface area contributed by atoms with Crippen molar-refractivity contribution in [2.45, 2.75) is 0 Å². The van der Waals surface area contributed by atoms with E-state index in [-0.39, 0.29) is 31.0 Å². The first-order valence-corrected chi connectivity index (χ1v) is 3.58. The van der Waals surface area contributed by atoms with Crippen LogP contribution in [0.25, 0.3) is 0 Å². The van der Waals surface area contributed by atoms with Crippen molar-refractivity contribution in [1.29, 1.82) is 0 Å². The Labute approximate surface area is 82.3 Å². The van der Waals surface area contributed by atoms with Gasteiger partial charge < -0.3 is 4.74 Å². The summed E-state index contributed by atoms with van der Waals surface area (Å²) < 4.78 is 31.6. The van der Waals surface area contributed by atoms with E-state index in [4.69, 9.17) is 4.55 Å². The van der Waals surface area contributed by atoms with E-state index in [1.165, 1.54) is 0 Å². The molecule has 0 aromatic carbocycles. The average molecular weight is 179 g/mol. The molecule has 7 heteroatoms. The quantitative estimate of drug-likeness (QED) is 0.331. The van der Waals surface area contributed by atoms with Crippen LogP contribution in [0.3, 0.4) is 0 Å². The number of hydrogen-bond donors (Lipinski definition) is 1. The summed E-state index contributed by atoms with van der Waals surface area (Å²) in [6.45, 7) is 0. The number of esters is 1. The molecule has 0 aliphatic heterocycles. The van der Waals surface area contributed by atoms with Crippen LogP contribution in [0, 0.1) is 0 Å². The molecule has 0 aliphatic carbocycles. The Kier molecular flexibility index (Phi) is 6.61. The monoisotopic (exact) mass is 179 g/mol. The molecule has 0 rings (SSSR count). The smallest absolute Gasteiger partial charge is 0.323 e. The van der Waals surface area contributed by atoms with E-state index in [0.29, 0.717) is 0 Å². The van der Waals surface area contributed by atoms with E-state index in [9.17, 15) is 13.2 Å². The first-order chi connectivity index (χ1) is 3.95. The molecule has 0 amide bonds. The maximum atomic E-state index is 10.1. The van der Waals surface area contributed by atoms with Gasteiger partial charge in [0.05, 0.1) is 7.11 Å². The van der Waals surface area contributed by atoms with E-state index in [0.717, 1.165) is 7.11 Å². The largest absolute Gasteiger partial charge is 0.468 e. The molecule has 0 heterocycles. The van der Waals surface area contributed by atoms with E-state index in [1.807, 2.05) is 0 Å². The number of rotatable bonds is 2. The van der Waals surface area contributed by atoms with Crippen molar-refractivity contribution < 1.29 is 23.9 Å². The fourth-order valence-electron chi connectivity index (χ4n) is 0.208. The molecule has 0 aromatic heterocycles. The summed E-state index contributed by atoms with van der Waals surface area (Å²) in [5, 5.41) is 0. The SMILES string of the molecule is COC(=O)CS(=O)(=O)O.[HH].[Na]. The van der Waals surface area contributed by atoms with Crippen LogP contribution in [0.4, 0.5) is 0 Å². The molecule has 10 heavy (non-hydrogen) atoms. The van der Waals surface area contributed by atoms with Gasteiger partial charge in [0.25, 0.3) is 10.1 Å². The number of carbonyl (C=O) groups is 1. The summed E-state index contributed by atoms with van der Waals surface area (Å²) in [6.07, 6.45) is 0. The zero-order chi connectivity index (χ0) is 7.49. The molecule has 0 saturated carbocycles. The molecule has 0 bridgehead atoms. The van der Waals surface area contributed by atoms with Crippen LogP contribution in [0.1, 0.15) is 1.43 Å². The summed E-state index contributed by atoms with van der Waals surface area (Å²) in [7, 11) is -3.17. The van der Waals surface area contributed by atoms with Gasteiger partial charge in [-0.3, -0.25) is 9.35 Å². The molecule has 1 radical (unpaired) electrons. The Balaban J connectivity index is -0.000000320. The third kappa shape index (κ3) is 8.38. The van der Waals surface area contributed by atoms with Crippen LogP contribution in [0.15, 0.2) is 0 Å². The normalized spacial score (nSPS) is 9.80. The Morgan fingerprint density at radius 1 is 1.70 bits per heavy atom. The second-order valence-corrected chi connectivity index (χ2v) is 2.75. The van der Waals surface area contributed by atoms with Crippen LogP contribution in [0.2, 0.25) is 0 Å². The van der Waals surface area contributed by atoms with Crippen molar-refractivity contribution >= 4 is 45.6 Å². The summed E-state index contributed by atoms with van der Waals surface area (Å²) >= 11 is 0. The van der Waals surface area contributed by atoms with Gasteiger partial charge in [-0.05, 0) is 0 Å². The molecular weight excluding hydrogens is 171 g/mol. The van der Waals surface area contributed by atoms with Gasteiger partial charge in [0.2, 0.25) is 0 Å². The van der Waals surface area contributed by atoms with E-state index in [1.54, 1.807) is 0 Å². The Morgan fingerprint density at radius 2 is 2.10 bits per heavy atom. The van der Waals surface area contributed by atoms with Crippen molar-refractivity contribution in [2.24, 2.45) is 0 Å². The van der Waals surface area contributed by atoms with E-state index >= 15 is 0 Å². The van der Waals surface area contributed by atoms with Gasteiger partial charge in [-0.25, -0.2) is 0 Å². The van der Waals surface area contributed by atoms with Crippen LogP contribution < -0.4 is 0 Å². The topological polar surface area (TPSA) is 80.7 Å². The minimum absolute atomic E-state index is 0. The second-order valence-electron chi connectivity index (χ2n) is 1.30. The van der Waals surface area contributed by atoms with Gasteiger partial charge in [-0.1, -0.05) is 0 Å². The van der Waals surface area contributed by atoms with Crippen LogP contribution in [-0.4, -0.2) is 61.4 Å². The second kappa shape index (κ2) is 5.09. The summed E-state index contributed by atoms with van der Waals surface area (Å²) in [5.74, 6) is -1.96. The van der Waals surface area contributed by atoms with Gasteiger partial charge in [0, 0.05) is 31.0 Å². The van der Waals surface area contributed by atoms with Crippen LogP contribution >= 0.6 is 0 Å². The first-order valence-electron chi connectivity index (χ1n) is 1.97. The Hall–Kier alpha value is 0.380. The molecule has 0 aliphatic rings. The maximum Gasteiger partial charge on any atom is 0.323 e. The Morgan fingerprint density at radius 3 is 2.20 bits per heavy atom. The van der Waals surface area contributed by atoms with E-state index in [2.05, 4.69) is 4.74 Å². The first kappa shape index (κ1) is 13.0. The zero-order valence-corrected chi connectivity index (χ0v) is 8.51. The summed E-state index contributed by atoms with van der Waals surface area (Å²) in [6, 6.07) is 0. The average Bonchev–Trinajstić information content (AvgIpc) is 1.62. The predicted molar refractivity (Wildman–Crippen MR) is 36.3 cm³/mol. The maximum absolute atomic E-state index is 10.1. The zero-order valence-electron chi connectivity index (χ0n) is 5.70. The van der Waals surface area contributed by atoms with Gasteiger partial charge in [-0.15, -0.1) is 0 Å². The minimum Gasteiger partial charge on any atom is -0.468 e. The number of carbonyl (C=O) groups excluding carboxylic acids is 1. The van der Waals surface area contributed by atoms with Gasteiger partial charge in [0.1, 0.15) is 0 Å². The summed E-state index contributed by atoms with van der Waals surface area (Å²) in [4.78, 5) is 10.1. The molecule has 0 unspecified atom stereocenters. The third-order valence-electron chi connectivity index (χ3n) is 0.528. The number of hydrogen-bond acceptors (Lipinski definition) is 4. The van der Waals surface area contributed by atoms with Crippen molar-refractivity contribution in [3.05, 3.63) is 0 Å². The van der Waals surface area contributed by atoms with Crippen molar-refractivity contribution in [3.8, 4) is 0 Å². The molecule has 5 nitrogen and oxygen atoms in total. The van der Waals surface area contributed by atoms with Crippen molar-refractivity contribution in [1.82, 2.24) is 0 Å². The molecule has 0 saturated heterocycles. The van der Waals surface area contributed by atoms with Crippen molar-refractivity contribution in [2.75, 3.05) is 12.9 Å². The fraction of sp³-hybridized carbons (Fsp3) is 0.667. The molecule has 57 valence electrons. The third-order valence-corrected chi connectivity index (χ3v) is 1.13. The molecule has 0 aromatic rings. The fourth-order valence-corrected chi connectivity index (χ4v) is 0.624. The summed E-state index contributed by atoms with van der Waals surface area (Å²) in [5.41, 5.74) is 0. The van der Waals surface area contributed by atoms with Gasteiger partial charge >= 0.3 is 5.97 Å². The number of methoxy groups -OCH3 is 1. The van der Waals surface area contributed by atoms with Gasteiger partial charge in [0.15, 0.2) is 5.75 Å². The van der Waals surface area contributed by atoms with Crippen LogP contribution in [0.5, 0.6) is 0 Å². The Bertz CT molecular complexity index is 200. The number of ether oxygens (including phenoxy) is 1. The molecular formula is C3H8NaO5S. The van der Waals surface area contributed by atoms with Crippen molar-refractivity contribution in [3.63, 3.8) is 0 Å². The minimum atomic E-state index is -4.21. The van der Waals surface area contributed by atoms with E-state index < -0.39 is 21.8 Å². The molecule has 0 fully saturated rings. The van der Waals surface area contributed by atoms with Gasteiger partial charge in [-0.2, -0.15) is 8.42 Å². The predicted octanol–water partition coefficient (Wildman–Crippen LogP) is -1.09. The molecule has 0 atom stereocenters. The molecule has 0 spiro atoms. The van der Waals surface area contributed by atoms with Crippen LogP contribution in [-0.2, 0) is 19.6 Å². The molecule has 1 N–H and O–H groups in total.